The first-order valence-corrected chi connectivity index (χ1v) is 6.18. The topological polar surface area (TPSA) is 52.4 Å². The molecule has 0 aliphatic rings. The van der Waals surface area contributed by atoms with Crippen molar-refractivity contribution in [2.24, 2.45) is 0 Å². The van der Waals surface area contributed by atoms with E-state index in [1.54, 1.807) is 25.1 Å². The van der Waals surface area contributed by atoms with Crippen molar-refractivity contribution in [3.05, 3.63) is 69.3 Å². The number of rotatable bonds is 4. The molecular weight excluding hydrogens is 254 g/mol. The Bertz CT molecular complexity index is 648. The van der Waals surface area contributed by atoms with Gasteiger partial charge >= 0.3 is 0 Å². The molecule has 0 saturated heterocycles. The minimum Gasteiger partial charge on any atom is -0.496 e. The Morgan fingerprint density at radius 1 is 1.10 bits per heavy atom. The lowest BCUT2D eigenvalue weighted by Crippen LogP contribution is -1.97. The van der Waals surface area contributed by atoms with E-state index in [0.29, 0.717) is 16.9 Å². The molecule has 0 fully saturated rings. The largest absolute Gasteiger partial charge is 0.496 e. The first kappa shape index (κ1) is 13.8. The summed E-state index contributed by atoms with van der Waals surface area (Å²) < 4.78 is 5.13. The fourth-order valence-electron chi connectivity index (χ4n) is 2.05. The van der Waals surface area contributed by atoms with Gasteiger partial charge in [-0.1, -0.05) is 36.4 Å². The van der Waals surface area contributed by atoms with Crippen LogP contribution >= 0.6 is 0 Å². The third-order valence-corrected chi connectivity index (χ3v) is 3.07. The van der Waals surface area contributed by atoms with E-state index in [4.69, 9.17) is 4.74 Å². The molecule has 2 aromatic rings. The fraction of sp³-hybridized carbons (Fsp3) is 0.125. The zero-order chi connectivity index (χ0) is 14.5. The van der Waals surface area contributed by atoms with Crippen molar-refractivity contribution in [2.45, 2.75) is 6.92 Å². The van der Waals surface area contributed by atoms with Crippen molar-refractivity contribution in [1.29, 1.82) is 0 Å². The Hall–Kier alpha value is -2.62. The minimum absolute atomic E-state index is 0.0801. The number of hydrogen-bond donors (Lipinski definition) is 0. The molecule has 0 unspecified atom stereocenters. The van der Waals surface area contributed by atoms with Crippen LogP contribution in [0.3, 0.4) is 0 Å². The molecular formula is C16H15NO3. The summed E-state index contributed by atoms with van der Waals surface area (Å²) in [7, 11) is 1.51. The third kappa shape index (κ3) is 2.85. The van der Waals surface area contributed by atoms with Crippen molar-refractivity contribution in [3.63, 3.8) is 0 Å². The molecule has 0 aliphatic carbocycles. The van der Waals surface area contributed by atoms with E-state index in [2.05, 4.69) is 0 Å². The normalized spacial score (nSPS) is 10.7. The number of nitro groups is 1. The van der Waals surface area contributed by atoms with Crippen molar-refractivity contribution >= 4 is 17.8 Å². The van der Waals surface area contributed by atoms with Crippen molar-refractivity contribution in [3.8, 4) is 5.75 Å². The molecule has 0 atom stereocenters. The SMILES string of the molecule is COc1ccc(C=Cc2ccccc2)c([N+](=O)[O-])c1C. The van der Waals surface area contributed by atoms with Gasteiger partial charge in [0.25, 0.3) is 5.69 Å². The highest BCUT2D eigenvalue weighted by Gasteiger charge is 2.18. The summed E-state index contributed by atoms with van der Waals surface area (Å²) in [4.78, 5) is 10.9. The first-order chi connectivity index (χ1) is 9.63. The van der Waals surface area contributed by atoms with E-state index in [1.165, 1.54) is 7.11 Å². The third-order valence-electron chi connectivity index (χ3n) is 3.07. The van der Waals surface area contributed by atoms with Gasteiger partial charge in [-0.3, -0.25) is 10.1 Å². The highest BCUT2D eigenvalue weighted by Crippen LogP contribution is 2.32. The summed E-state index contributed by atoms with van der Waals surface area (Å²) in [6, 6.07) is 13.1. The van der Waals surface area contributed by atoms with Gasteiger partial charge in [0, 0.05) is 0 Å². The van der Waals surface area contributed by atoms with Crippen LogP contribution in [0.2, 0.25) is 0 Å². The Balaban J connectivity index is 2.44. The number of nitro benzene ring substituents is 1. The van der Waals surface area contributed by atoms with Crippen LogP contribution in [0.1, 0.15) is 16.7 Å². The predicted molar refractivity (Wildman–Crippen MR) is 79.8 cm³/mol. The van der Waals surface area contributed by atoms with E-state index in [9.17, 15) is 10.1 Å². The summed E-state index contributed by atoms with van der Waals surface area (Å²) in [5.41, 5.74) is 2.18. The van der Waals surface area contributed by atoms with E-state index in [1.807, 2.05) is 36.4 Å². The molecule has 2 rings (SSSR count). The summed E-state index contributed by atoms with van der Waals surface area (Å²) in [6.07, 6.45) is 3.61. The molecule has 2 aromatic carbocycles. The smallest absolute Gasteiger partial charge is 0.283 e. The van der Waals surface area contributed by atoms with Gasteiger partial charge in [0.2, 0.25) is 0 Å². The van der Waals surface area contributed by atoms with Crippen LogP contribution in [-0.2, 0) is 0 Å². The fourth-order valence-corrected chi connectivity index (χ4v) is 2.05. The van der Waals surface area contributed by atoms with Crippen molar-refractivity contribution in [1.82, 2.24) is 0 Å². The van der Waals surface area contributed by atoms with Crippen LogP contribution in [0.4, 0.5) is 5.69 Å². The maximum absolute atomic E-state index is 11.2. The standard InChI is InChI=1S/C16H15NO3/c1-12-15(20-2)11-10-14(16(12)17(18)19)9-8-13-6-4-3-5-7-13/h3-11H,1-2H3. The molecule has 0 N–H and O–H groups in total. The Kier molecular flexibility index (Phi) is 4.15. The average Bonchev–Trinajstić information content (AvgIpc) is 2.45. The van der Waals surface area contributed by atoms with Crippen LogP contribution in [-0.4, -0.2) is 12.0 Å². The molecule has 0 spiro atoms. The Morgan fingerprint density at radius 3 is 2.40 bits per heavy atom. The van der Waals surface area contributed by atoms with Crippen molar-refractivity contribution in [2.75, 3.05) is 7.11 Å². The van der Waals surface area contributed by atoms with Crippen LogP contribution in [0.25, 0.3) is 12.2 Å². The molecule has 0 heterocycles. The highest BCUT2D eigenvalue weighted by molar-refractivity contribution is 5.76. The predicted octanol–water partition coefficient (Wildman–Crippen LogP) is 4.08. The lowest BCUT2D eigenvalue weighted by Gasteiger charge is -2.07. The second kappa shape index (κ2) is 6.02. The molecule has 0 aliphatic heterocycles. The Morgan fingerprint density at radius 2 is 1.80 bits per heavy atom. The molecule has 0 aromatic heterocycles. The highest BCUT2D eigenvalue weighted by atomic mass is 16.6. The maximum Gasteiger partial charge on any atom is 0.283 e. The summed E-state index contributed by atoms with van der Waals surface area (Å²) >= 11 is 0. The number of benzene rings is 2. The van der Waals surface area contributed by atoms with Gasteiger partial charge in [-0.25, -0.2) is 0 Å². The van der Waals surface area contributed by atoms with Crippen LogP contribution in [0.5, 0.6) is 5.75 Å². The molecule has 0 saturated carbocycles. The van der Waals surface area contributed by atoms with Gasteiger partial charge in [0.05, 0.1) is 23.2 Å². The second-order valence-electron chi connectivity index (χ2n) is 4.33. The average molecular weight is 269 g/mol. The van der Waals surface area contributed by atoms with E-state index >= 15 is 0 Å². The lowest BCUT2D eigenvalue weighted by molar-refractivity contribution is -0.385. The molecule has 0 radical (unpaired) electrons. The van der Waals surface area contributed by atoms with E-state index in [-0.39, 0.29) is 10.6 Å². The number of hydrogen-bond acceptors (Lipinski definition) is 3. The van der Waals surface area contributed by atoms with Crippen LogP contribution in [0.15, 0.2) is 42.5 Å². The van der Waals surface area contributed by atoms with Gasteiger partial charge in [-0.15, -0.1) is 0 Å². The van der Waals surface area contributed by atoms with Gasteiger partial charge < -0.3 is 4.74 Å². The lowest BCUT2D eigenvalue weighted by atomic mass is 10.1. The van der Waals surface area contributed by atoms with E-state index < -0.39 is 0 Å². The summed E-state index contributed by atoms with van der Waals surface area (Å²) in [6.45, 7) is 1.69. The van der Waals surface area contributed by atoms with Gasteiger partial charge in [-0.05, 0) is 30.7 Å². The van der Waals surface area contributed by atoms with Crippen molar-refractivity contribution < 1.29 is 9.66 Å². The minimum atomic E-state index is -0.372. The molecule has 102 valence electrons. The quantitative estimate of drug-likeness (QED) is 0.477. The van der Waals surface area contributed by atoms with E-state index in [0.717, 1.165) is 5.56 Å². The second-order valence-corrected chi connectivity index (χ2v) is 4.33. The van der Waals surface area contributed by atoms with Gasteiger partial charge in [0.1, 0.15) is 5.75 Å². The maximum atomic E-state index is 11.2. The summed E-state index contributed by atoms with van der Waals surface area (Å²) in [5.74, 6) is 0.522. The molecule has 4 heteroatoms. The molecule has 0 amide bonds. The number of ether oxygens (including phenoxy) is 1. The first-order valence-electron chi connectivity index (χ1n) is 6.18. The molecule has 0 bridgehead atoms. The van der Waals surface area contributed by atoms with Gasteiger partial charge in [0.15, 0.2) is 0 Å². The Labute approximate surface area is 117 Å². The molecule has 20 heavy (non-hydrogen) atoms. The van der Waals surface area contributed by atoms with Gasteiger partial charge in [-0.2, -0.15) is 0 Å². The van der Waals surface area contributed by atoms with Crippen LogP contribution in [0, 0.1) is 17.0 Å². The monoisotopic (exact) mass is 269 g/mol. The zero-order valence-corrected chi connectivity index (χ0v) is 11.4. The number of nitrogens with zero attached hydrogens (tertiary/aromatic N) is 1. The zero-order valence-electron chi connectivity index (χ0n) is 11.4. The molecule has 4 nitrogen and oxygen atoms in total. The summed E-state index contributed by atoms with van der Waals surface area (Å²) in [5, 5.41) is 11.2. The van der Waals surface area contributed by atoms with Crippen LogP contribution < -0.4 is 4.74 Å². The number of methoxy groups -OCH3 is 1.